The minimum Gasteiger partial charge on any atom is -0.306 e. The fourth-order valence-electron chi connectivity index (χ4n) is 2.19. The Morgan fingerprint density at radius 1 is 1.19 bits per heavy atom. The molecule has 0 atom stereocenters. The molecule has 0 aliphatic rings. The second-order valence-corrected chi connectivity index (χ2v) is 8.02. The van der Waals surface area contributed by atoms with Gasteiger partial charge in [0.15, 0.2) is 5.69 Å². The third-order valence-electron chi connectivity index (χ3n) is 3.50. The van der Waals surface area contributed by atoms with Crippen LogP contribution < -0.4 is 10.0 Å². The first-order chi connectivity index (χ1) is 12.8. The molecule has 2 heterocycles. The van der Waals surface area contributed by atoms with Crippen LogP contribution in [0.15, 0.2) is 47.6 Å². The lowest BCUT2D eigenvalue weighted by atomic mass is 10.2. The van der Waals surface area contributed by atoms with Gasteiger partial charge in [0.2, 0.25) is 0 Å². The third-order valence-corrected chi connectivity index (χ3v) is 5.50. The number of benzene rings is 1. The molecule has 0 aliphatic heterocycles. The Kier molecular flexibility index (Phi) is 5.36. The normalized spacial score (nSPS) is 11.2. The highest BCUT2D eigenvalue weighted by molar-refractivity contribution is 7.92. The molecule has 140 valence electrons. The van der Waals surface area contributed by atoms with Gasteiger partial charge in [0, 0.05) is 17.3 Å². The standard InChI is InChI=1S/C16H13Cl2N5O3S/c1-9-6-11(2-3-12(9)18)27(25,26)23-13-7-10(17)8-19-15(13)16(24)21-14-4-5-20-22-14/h2-8,23H,1H3,(H2,20,21,22,24). The Hall–Kier alpha value is -2.62. The maximum atomic E-state index is 12.7. The van der Waals surface area contributed by atoms with Crippen LogP contribution in [0.25, 0.3) is 0 Å². The number of anilines is 2. The lowest BCUT2D eigenvalue weighted by Gasteiger charge is -2.12. The van der Waals surface area contributed by atoms with Crippen LogP contribution in [-0.2, 0) is 10.0 Å². The van der Waals surface area contributed by atoms with E-state index in [0.717, 1.165) is 0 Å². The van der Waals surface area contributed by atoms with E-state index in [-0.39, 0.29) is 21.3 Å². The molecular formula is C16H13Cl2N5O3S. The van der Waals surface area contributed by atoms with Crippen molar-refractivity contribution in [3.63, 3.8) is 0 Å². The van der Waals surface area contributed by atoms with Gasteiger partial charge in [0.1, 0.15) is 5.82 Å². The van der Waals surface area contributed by atoms with Gasteiger partial charge in [-0.3, -0.25) is 14.6 Å². The average Bonchev–Trinajstić information content (AvgIpc) is 3.09. The summed E-state index contributed by atoms with van der Waals surface area (Å²) in [5.41, 5.74) is 0.386. The van der Waals surface area contributed by atoms with E-state index < -0.39 is 15.9 Å². The molecule has 0 bridgehead atoms. The summed E-state index contributed by atoms with van der Waals surface area (Å²) < 4.78 is 27.7. The van der Waals surface area contributed by atoms with Gasteiger partial charge in [-0.25, -0.2) is 13.4 Å². The molecule has 11 heteroatoms. The van der Waals surface area contributed by atoms with Crippen LogP contribution in [0, 0.1) is 6.92 Å². The van der Waals surface area contributed by atoms with Crippen LogP contribution in [0.5, 0.6) is 0 Å². The number of hydrogen-bond donors (Lipinski definition) is 3. The average molecular weight is 426 g/mol. The zero-order chi connectivity index (χ0) is 19.6. The van der Waals surface area contributed by atoms with Crippen LogP contribution in [0.1, 0.15) is 16.1 Å². The number of carbonyl (C=O) groups excluding carboxylic acids is 1. The highest BCUT2D eigenvalue weighted by Gasteiger charge is 2.21. The van der Waals surface area contributed by atoms with Crippen molar-refractivity contribution < 1.29 is 13.2 Å². The van der Waals surface area contributed by atoms with E-state index >= 15 is 0 Å². The van der Waals surface area contributed by atoms with Crippen LogP contribution in [0.2, 0.25) is 10.0 Å². The number of hydrogen-bond acceptors (Lipinski definition) is 5. The van der Waals surface area contributed by atoms with Crippen LogP contribution in [0.4, 0.5) is 11.5 Å². The van der Waals surface area contributed by atoms with Gasteiger partial charge in [-0.15, -0.1) is 0 Å². The Balaban J connectivity index is 1.94. The van der Waals surface area contributed by atoms with Crippen molar-refractivity contribution in [1.82, 2.24) is 15.2 Å². The number of amides is 1. The molecule has 8 nitrogen and oxygen atoms in total. The number of aromatic amines is 1. The summed E-state index contributed by atoms with van der Waals surface area (Å²) in [5.74, 6) is -0.306. The first-order valence-electron chi connectivity index (χ1n) is 7.51. The second kappa shape index (κ2) is 7.55. The molecule has 27 heavy (non-hydrogen) atoms. The fourth-order valence-corrected chi connectivity index (χ4v) is 3.61. The molecule has 0 aliphatic carbocycles. The van der Waals surface area contributed by atoms with Crippen LogP contribution in [-0.4, -0.2) is 29.5 Å². The monoisotopic (exact) mass is 425 g/mol. The Morgan fingerprint density at radius 2 is 1.96 bits per heavy atom. The van der Waals surface area contributed by atoms with Gasteiger partial charge < -0.3 is 5.32 Å². The lowest BCUT2D eigenvalue weighted by molar-refractivity contribution is 0.102. The molecule has 3 aromatic rings. The van der Waals surface area contributed by atoms with Crippen molar-refractivity contribution in [3.8, 4) is 0 Å². The summed E-state index contributed by atoms with van der Waals surface area (Å²) in [6, 6.07) is 7.10. The van der Waals surface area contributed by atoms with E-state index in [9.17, 15) is 13.2 Å². The van der Waals surface area contributed by atoms with E-state index in [1.807, 2.05) is 0 Å². The molecule has 0 saturated heterocycles. The minimum atomic E-state index is -3.99. The van der Waals surface area contributed by atoms with E-state index in [1.54, 1.807) is 6.92 Å². The van der Waals surface area contributed by atoms with E-state index in [1.165, 1.54) is 42.7 Å². The molecule has 0 unspecified atom stereocenters. The predicted molar refractivity (Wildman–Crippen MR) is 103 cm³/mol. The van der Waals surface area contributed by atoms with Gasteiger partial charge in [0.05, 0.1) is 21.8 Å². The van der Waals surface area contributed by atoms with Crippen molar-refractivity contribution in [2.75, 3.05) is 10.0 Å². The molecule has 1 amide bonds. The highest BCUT2D eigenvalue weighted by Crippen LogP contribution is 2.25. The summed E-state index contributed by atoms with van der Waals surface area (Å²) in [4.78, 5) is 16.4. The first-order valence-corrected chi connectivity index (χ1v) is 9.75. The molecule has 2 aromatic heterocycles. The van der Waals surface area contributed by atoms with E-state index in [4.69, 9.17) is 23.2 Å². The van der Waals surface area contributed by atoms with Crippen LogP contribution >= 0.6 is 23.2 Å². The summed E-state index contributed by atoms with van der Waals surface area (Å²) >= 11 is 11.9. The molecule has 1 aromatic carbocycles. The number of H-pyrrole nitrogens is 1. The van der Waals surface area contributed by atoms with Gasteiger partial charge in [-0.1, -0.05) is 23.2 Å². The number of rotatable bonds is 5. The third kappa shape index (κ3) is 4.38. The zero-order valence-electron chi connectivity index (χ0n) is 13.8. The molecule has 3 N–H and O–H groups in total. The fraction of sp³-hybridized carbons (Fsp3) is 0.0625. The zero-order valence-corrected chi connectivity index (χ0v) is 16.2. The smallest absolute Gasteiger partial charge is 0.277 e. The number of nitrogens with zero attached hydrogens (tertiary/aromatic N) is 2. The van der Waals surface area contributed by atoms with Crippen molar-refractivity contribution in [3.05, 3.63) is 64.0 Å². The SMILES string of the molecule is Cc1cc(S(=O)(=O)Nc2cc(Cl)cnc2C(=O)Nc2ccn[nH]2)ccc1Cl. The van der Waals surface area contributed by atoms with Crippen LogP contribution in [0.3, 0.4) is 0 Å². The summed E-state index contributed by atoms with van der Waals surface area (Å²) in [7, 11) is -3.99. The van der Waals surface area contributed by atoms with Gasteiger partial charge in [0.25, 0.3) is 15.9 Å². The maximum absolute atomic E-state index is 12.7. The Bertz CT molecular complexity index is 1100. The molecular weight excluding hydrogens is 413 g/mol. The number of nitrogens with one attached hydrogen (secondary N) is 3. The summed E-state index contributed by atoms with van der Waals surface area (Å²) in [6.07, 6.45) is 2.70. The summed E-state index contributed by atoms with van der Waals surface area (Å²) in [5, 5.41) is 9.42. The van der Waals surface area contributed by atoms with Gasteiger partial charge >= 0.3 is 0 Å². The Labute approximate surface area is 165 Å². The van der Waals surface area contributed by atoms with Crippen molar-refractivity contribution in [2.24, 2.45) is 0 Å². The lowest BCUT2D eigenvalue weighted by Crippen LogP contribution is -2.20. The number of carbonyl (C=O) groups is 1. The predicted octanol–water partition coefficient (Wildman–Crippen LogP) is 3.47. The number of aryl methyl sites for hydroxylation is 1. The first kappa shape index (κ1) is 19.2. The Morgan fingerprint density at radius 3 is 2.63 bits per heavy atom. The number of halogens is 2. The maximum Gasteiger partial charge on any atom is 0.277 e. The molecule has 0 spiro atoms. The number of pyridine rings is 1. The minimum absolute atomic E-state index is 0.00991. The highest BCUT2D eigenvalue weighted by atomic mass is 35.5. The van der Waals surface area contributed by atoms with E-state index in [0.29, 0.717) is 16.4 Å². The largest absolute Gasteiger partial charge is 0.306 e. The quantitative estimate of drug-likeness (QED) is 0.578. The van der Waals surface area contributed by atoms with Crippen molar-refractivity contribution in [2.45, 2.75) is 11.8 Å². The van der Waals surface area contributed by atoms with Gasteiger partial charge in [-0.05, 0) is 36.8 Å². The molecule has 0 radical (unpaired) electrons. The summed E-state index contributed by atoms with van der Waals surface area (Å²) in [6.45, 7) is 1.69. The number of sulfonamides is 1. The molecule has 0 fully saturated rings. The number of aromatic nitrogens is 3. The van der Waals surface area contributed by atoms with E-state index in [2.05, 4.69) is 25.2 Å². The second-order valence-electron chi connectivity index (χ2n) is 5.49. The van der Waals surface area contributed by atoms with Crippen molar-refractivity contribution in [1.29, 1.82) is 0 Å². The van der Waals surface area contributed by atoms with Gasteiger partial charge in [-0.2, -0.15) is 5.10 Å². The molecule has 0 saturated carbocycles. The molecule has 3 rings (SSSR count). The van der Waals surface area contributed by atoms with Crippen molar-refractivity contribution >= 4 is 50.6 Å². The topological polar surface area (TPSA) is 117 Å².